The number of anilines is 1. The Morgan fingerprint density at radius 1 is 0.598 bits per heavy atom. The molecular weight excluding hydrogens is 1260 g/mol. The quantitative estimate of drug-likeness (QED) is 0.00264. The predicted octanol–water partition coefficient (Wildman–Crippen LogP) is 9.02. The minimum Gasteiger partial charge on any atom is -0.478 e. The zero-order chi connectivity index (χ0) is 71.2. The highest BCUT2D eigenvalue weighted by Gasteiger charge is 2.30. The summed E-state index contributed by atoms with van der Waals surface area (Å²) in [6.07, 6.45) is 1.10. The van der Waals surface area contributed by atoms with E-state index in [0.717, 1.165) is 25.7 Å². The Morgan fingerprint density at radius 2 is 1.02 bits per heavy atom. The fraction of sp³-hybridized carbons (Fsp3) is 0.314. The van der Waals surface area contributed by atoms with Crippen LogP contribution in [0.4, 0.5) is 15.3 Å². The summed E-state index contributed by atoms with van der Waals surface area (Å²) in [7, 11) is 0. The third kappa shape index (κ3) is 22.0. The number of ether oxygens (including phenoxy) is 6. The molecular formula is C70H78N8O19. The molecule has 0 bridgehead atoms. The highest BCUT2D eigenvalue weighted by Crippen LogP contribution is 2.35. The average Bonchev–Trinajstić information content (AvgIpc) is 1.40. The highest BCUT2D eigenvalue weighted by atomic mass is 16.8. The number of carboxylic acid groups (broad SMARTS) is 1. The molecule has 2 fully saturated rings. The van der Waals surface area contributed by atoms with Crippen LogP contribution in [-0.4, -0.2) is 139 Å². The van der Waals surface area contributed by atoms with Gasteiger partial charge in [-0.1, -0.05) is 54.7 Å². The number of esters is 2. The standard InChI is InChI=1S/C36H39N3O9.C27H30N2O9.C7H9N3O/c1-5-24-15-29(32(42)14-22-8-10-25(11-9-22)30(37)19-41)28(16-26(24)18-40)27-12-13-31(34(43)38-17-23-6-7-23)39-33(27)35(44)47-21(4)48-36(45)46-20(2)3;1-5-17-10-21(25(32)33)20(11-18(17)13-30)19-8-9-22(24(31)28-12-16-6-7-16)29-23(19)26(34)37-15(4)38-27(35)36-14(2)3;8-6-3-1-5(2-4-6)7(9)10-11/h5,8-13,15-16,20-21,23,37,40-41H,1,6-7,14,17-19H2,2-4H3,(H,38,43);5,8-11,14-16,30H,1,6-7,12-13H2,2-4H3,(H,28,31)(H,32,33);1-4,11H,8H2,(H2,9,10). The van der Waals surface area contributed by atoms with Crippen LogP contribution < -0.4 is 22.1 Å². The van der Waals surface area contributed by atoms with Crippen molar-refractivity contribution in [2.75, 3.05) is 25.4 Å². The van der Waals surface area contributed by atoms with Crippen molar-refractivity contribution < 1.29 is 92.4 Å². The fourth-order valence-electron chi connectivity index (χ4n) is 9.13. The van der Waals surface area contributed by atoms with Gasteiger partial charge >= 0.3 is 30.2 Å². The Hall–Kier alpha value is -11.2. The molecule has 12 N–H and O–H groups in total. The van der Waals surface area contributed by atoms with Crippen LogP contribution in [0.25, 0.3) is 34.4 Å². The highest BCUT2D eigenvalue weighted by molar-refractivity contribution is 6.08. The third-order valence-corrected chi connectivity index (χ3v) is 14.5. The van der Waals surface area contributed by atoms with E-state index in [1.54, 1.807) is 88.4 Å². The number of aromatic carboxylic acids is 1. The van der Waals surface area contributed by atoms with E-state index in [4.69, 9.17) is 50.5 Å². The van der Waals surface area contributed by atoms with Gasteiger partial charge in [-0.3, -0.25) is 14.4 Å². The number of carbonyl (C=O) groups excluding carboxylic acids is 7. The van der Waals surface area contributed by atoms with E-state index >= 15 is 0 Å². The number of nitrogens with zero attached hydrogens (tertiary/aromatic N) is 3. The van der Waals surface area contributed by atoms with Gasteiger partial charge < -0.3 is 81.6 Å². The van der Waals surface area contributed by atoms with Crippen LogP contribution >= 0.6 is 0 Å². The van der Waals surface area contributed by atoms with Crippen LogP contribution in [0.2, 0.25) is 0 Å². The van der Waals surface area contributed by atoms with Gasteiger partial charge in [-0.25, -0.2) is 33.9 Å². The average molecular weight is 1340 g/mol. The molecule has 0 aliphatic heterocycles. The number of ketones is 1. The lowest BCUT2D eigenvalue weighted by atomic mass is 9.89. The molecule has 0 spiro atoms. The Kier molecular flexibility index (Phi) is 27.3. The number of nitrogen functional groups attached to an aromatic ring is 1. The van der Waals surface area contributed by atoms with Crippen molar-refractivity contribution in [3.63, 3.8) is 0 Å². The van der Waals surface area contributed by atoms with Crippen molar-refractivity contribution in [3.05, 3.63) is 183 Å². The van der Waals surface area contributed by atoms with E-state index < -0.39 is 86.6 Å². The first kappa shape index (κ1) is 74.9. The number of hydrogen-bond donors (Lipinski definition) is 10. The molecule has 27 nitrogen and oxygen atoms in total. The molecule has 2 saturated carbocycles. The van der Waals surface area contributed by atoms with Gasteiger partial charge in [-0.05, 0) is 183 Å². The number of nitrogens with one attached hydrogen (secondary N) is 3. The van der Waals surface area contributed by atoms with Crippen molar-refractivity contribution in [2.45, 2.75) is 112 Å². The van der Waals surface area contributed by atoms with Gasteiger partial charge in [0.2, 0.25) is 12.6 Å². The maximum atomic E-state index is 13.9. The first-order valence-corrected chi connectivity index (χ1v) is 30.6. The molecule has 2 unspecified atom stereocenters. The Bertz CT molecular complexity index is 3940. The summed E-state index contributed by atoms with van der Waals surface area (Å²) >= 11 is 0. The largest absolute Gasteiger partial charge is 0.511 e. The second-order valence-electron chi connectivity index (χ2n) is 22.8. The van der Waals surface area contributed by atoms with Crippen molar-refractivity contribution in [2.24, 2.45) is 22.7 Å². The van der Waals surface area contributed by atoms with E-state index in [2.05, 4.69) is 38.9 Å². The molecule has 2 aliphatic rings. The lowest BCUT2D eigenvalue weighted by Crippen LogP contribution is -2.28. The minimum absolute atomic E-state index is 0.0356. The van der Waals surface area contributed by atoms with E-state index in [9.17, 15) is 58.8 Å². The van der Waals surface area contributed by atoms with Gasteiger partial charge in [0.25, 0.3) is 11.8 Å². The number of nitrogens with two attached hydrogens (primary N) is 2. The number of aromatic nitrogens is 2. The molecule has 512 valence electrons. The number of aliphatic hydroxyl groups is 3. The first-order chi connectivity index (χ1) is 46.2. The summed E-state index contributed by atoms with van der Waals surface area (Å²) in [5, 5.41) is 63.6. The van der Waals surface area contributed by atoms with Crippen LogP contribution in [0, 0.1) is 17.2 Å². The Balaban J connectivity index is 0.000000269. The van der Waals surface area contributed by atoms with Crippen molar-refractivity contribution >= 4 is 77.2 Å². The van der Waals surface area contributed by atoms with Crippen molar-refractivity contribution in [1.82, 2.24) is 20.6 Å². The zero-order valence-corrected chi connectivity index (χ0v) is 54.3. The first-order valence-electron chi connectivity index (χ1n) is 30.6. The summed E-state index contributed by atoms with van der Waals surface area (Å²) < 4.78 is 30.4. The second-order valence-corrected chi connectivity index (χ2v) is 22.8. The lowest BCUT2D eigenvalue weighted by Gasteiger charge is -2.18. The second kappa shape index (κ2) is 35.4. The van der Waals surface area contributed by atoms with E-state index in [1.165, 1.54) is 62.4 Å². The normalized spacial score (nSPS) is 13.0. The van der Waals surface area contributed by atoms with Crippen molar-refractivity contribution in [3.8, 4) is 22.3 Å². The van der Waals surface area contributed by atoms with E-state index in [0.29, 0.717) is 69.6 Å². The summed E-state index contributed by atoms with van der Waals surface area (Å²) in [4.78, 5) is 111. The van der Waals surface area contributed by atoms with Crippen LogP contribution in [-0.2, 0) is 48.1 Å². The molecule has 4 aromatic carbocycles. The predicted molar refractivity (Wildman–Crippen MR) is 355 cm³/mol. The molecule has 2 amide bonds. The monoisotopic (exact) mass is 1330 g/mol. The molecule has 0 saturated heterocycles. The number of carbonyl (C=O) groups is 8. The number of Topliss-reactive ketones (excluding diaryl/α,β-unsaturated/α-hetero) is 1. The lowest BCUT2D eigenvalue weighted by molar-refractivity contribution is -0.0884. The number of pyridine rings is 2. The number of benzene rings is 4. The molecule has 97 heavy (non-hydrogen) atoms. The zero-order valence-electron chi connectivity index (χ0n) is 54.3. The van der Waals surface area contributed by atoms with E-state index in [-0.39, 0.29) is 79.9 Å². The SMILES string of the molecule is C=Cc1cc(C(=O)Cc2ccc(C(=N)CO)cc2)c(-c2ccc(C(=O)NCC3CC3)nc2C(=O)OC(C)OC(=O)OC(C)C)cc1CO.C=Cc1cc(C(=O)O)c(-c2ccc(C(=O)NCC3CC3)nc2C(=O)OC(C)OC(=O)OC(C)C)cc1CO.N/C(=N\O)c1ccc(N)cc1. The summed E-state index contributed by atoms with van der Waals surface area (Å²) in [6.45, 7) is 16.2. The molecule has 27 heteroatoms. The van der Waals surface area contributed by atoms with Gasteiger partial charge in [-0.15, -0.1) is 0 Å². The van der Waals surface area contributed by atoms with Gasteiger partial charge in [0.15, 0.2) is 23.0 Å². The van der Waals surface area contributed by atoms with Crippen LogP contribution in [0.1, 0.15) is 169 Å². The number of aliphatic hydroxyl groups excluding tert-OH is 3. The smallest absolute Gasteiger partial charge is 0.478 e. The summed E-state index contributed by atoms with van der Waals surface area (Å²) in [5.41, 5.74) is 14.5. The van der Waals surface area contributed by atoms with E-state index in [1.807, 2.05) is 0 Å². The molecule has 2 atom stereocenters. The topological polar surface area (TPSA) is 431 Å². The number of rotatable bonds is 27. The molecule has 8 rings (SSSR count). The summed E-state index contributed by atoms with van der Waals surface area (Å²) in [6, 6.07) is 24.9. The number of oxime groups is 1. The van der Waals surface area contributed by atoms with Crippen molar-refractivity contribution in [1.29, 1.82) is 5.41 Å². The van der Waals surface area contributed by atoms with Gasteiger partial charge in [0.05, 0.1) is 43.3 Å². The summed E-state index contributed by atoms with van der Waals surface area (Å²) in [5.74, 6) is -3.88. The Labute approximate surface area is 558 Å². The molecule has 2 heterocycles. The Morgan fingerprint density at radius 3 is 1.40 bits per heavy atom. The molecule has 6 aromatic rings. The third-order valence-electron chi connectivity index (χ3n) is 14.5. The van der Waals surface area contributed by atoms with Crippen LogP contribution in [0.3, 0.4) is 0 Å². The fourth-order valence-corrected chi connectivity index (χ4v) is 9.13. The number of hydrogen-bond acceptors (Lipinski definition) is 23. The minimum atomic E-state index is -1.39. The number of amides is 2. The molecule has 2 aromatic heterocycles. The van der Waals surface area contributed by atoms with Gasteiger partial charge in [0.1, 0.15) is 11.4 Å². The molecule has 2 aliphatic carbocycles. The molecule has 0 radical (unpaired) electrons. The number of carboxylic acids is 1. The van der Waals surface area contributed by atoms with Crippen LogP contribution in [0.15, 0.2) is 115 Å². The number of amidine groups is 1. The van der Waals surface area contributed by atoms with Crippen LogP contribution in [0.5, 0.6) is 0 Å². The maximum absolute atomic E-state index is 13.9. The van der Waals surface area contributed by atoms with Gasteiger partial charge in [-0.2, -0.15) is 0 Å². The van der Waals surface area contributed by atoms with Gasteiger partial charge in [0, 0.05) is 61.3 Å². The maximum Gasteiger partial charge on any atom is 0.511 e.